The van der Waals surface area contributed by atoms with E-state index >= 15 is 0 Å². The number of aliphatic hydroxyl groups excluding tert-OH is 3. The van der Waals surface area contributed by atoms with E-state index in [4.69, 9.17) is 9.47 Å². The number of amides is 1. The van der Waals surface area contributed by atoms with Gasteiger partial charge in [0.15, 0.2) is 5.75 Å². The van der Waals surface area contributed by atoms with Crippen molar-refractivity contribution in [2.45, 2.75) is 37.6 Å². The molecule has 2 rings (SSSR count). The Bertz CT molecular complexity index is 610. The Kier molecular flexibility index (Phi) is 5.67. The van der Waals surface area contributed by atoms with E-state index < -0.39 is 48.1 Å². The highest BCUT2D eigenvalue weighted by atomic mass is 16.7. The van der Waals surface area contributed by atoms with E-state index in [9.17, 15) is 30.2 Å². The Labute approximate surface area is 136 Å². The molecule has 4 N–H and O–H groups in total. The minimum Gasteiger partial charge on any atom is -0.455 e. The zero-order valence-corrected chi connectivity index (χ0v) is 12.7. The van der Waals surface area contributed by atoms with Crippen LogP contribution in [0.15, 0.2) is 24.3 Å². The SMILES string of the molecule is CC(=O)N[C@H]1[C@H](Oc2ccccc2[N+](=O)[O-])O[C@H](CO)[C@@H](O)[C@@H]1O. The number of nitro benzene ring substituents is 1. The number of benzene rings is 1. The Hall–Kier alpha value is -2.27. The predicted molar refractivity (Wildman–Crippen MR) is 79.1 cm³/mol. The lowest BCUT2D eigenvalue weighted by atomic mass is 9.97. The molecule has 1 aromatic carbocycles. The highest BCUT2D eigenvalue weighted by Gasteiger charge is 2.46. The predicted octanol–water partition coefficient (Wildman–Crippen LogP) is -1.08. The number of ether oxygens (including phenoxy) is 2. The molecule has 1 saturated heterocycles. The fraction of sp³-hybridized carbons (Fsp3) is 0.500. The van der Waals surface area contributed by atoms with E-state index in [1.165, 1.54) is 31.2 Å². The Morgan fingerprint density at radius 3 is 2.62 bits per heavy atom. The molecular weight excluding hydrogens is 324 g/mol. The van der Waals surface area contributed by atoms with Crippen molar-refractivity contribution in [3.05, 3.63) is 34.4 Å². The zero-order valence-electron chi connectivity index (χ0n) is 12.7. The first kappa shape index (κ1) is 18.1. The molecule has 0 aromatic heterocycles. The first-order valence-electron chi connectivity index (χ1n) is 7.14. The largest absolute Gasteiger partial charge is 0.455 e. The second-order valence-electron chi connectivity index (χ2n) is 5.28. The van der Waals surface area contributed by atoms with E-state index in [1.807, 2.05) is 0 Å². The Balaban J connectivity index is 2.30. The van der Waals surface area contributed by atoms with Crippen molar-refractivity contribution in [3.63, 3.8) is 0 Å². The summed E-state index contributed by atoms with van der Waals surface area (Å²) in [6.07, 6.45) is -5.46. The molecular formula is C14H18N2O8. The number of nitrogens with zero attached hydrogens (tertiary/aromatic N) is 1. The van der Waals surface area contributed by atoms with Gasteiger partial charge >= 0.3 is 5.69 Å². The Morgan fingerprint density at radius 1 is 1.38 bits per heavy atom. The molecule has 0 aliphatic carbocycles. The Morgan fingerprint density at radius 2 is 2.04 bits per heavy atom. The lowest BCUT2D eigenvalue weighted by Crippen LogP contribution is -2.65. The van der Waals surface area contributed by atoms with Crippen LogP contribution in [0.5, 0.6) is 5.75 Å². The lowest BCUT2D eigenvalue weighted by Gasteiger charge is -2.41. The molecule has 5 atom stereocenters. The summed E-state index contributed by atoms with van der Waals surface area (Å²) in [7, 11) is 0. The second-order valence-corrected chi connectivity index (χ2v) is 5.28. The molecule has 132 valence electrons. The van der Waals surface area contributed by atoms with Gasteiger partial charge in [-0.2, -0.15) is 0 Å². The molecule has 0 unspecified atom stereocenters. The zero-order chi connectivity index (χ0) is 17.9. The summed E-state index contributed by atoms with van der Waals surface area (Å²) in [6, 6.07) is 4.33. The average molecular weight is 342 g/mol. The van der Waals surface area contributed by atoms with Crippen LogP contribution in [-0.4, -0.2) is 63.4 Å². The molecule has 1 fully saturated rings. The van der Waals surface area contributed by atoms with Gasteiger partial charge < -0.3 is 30.1 Å². The normalized spacial score (nSPS) is 29.8. The third kappa shape index (κ3) is 3.79. The van der Waals surface area contributed by atoms with Gasteiger partial charge in [0.1, 0.15) is 24.4 Å². The summed E-state index contributed by atoms with van der Waals surface area (Å²) in [5.41, 5.74) is -0.330. The van der Waals surface area contributed by atoms with Crippen LogP contribution in [-0.2, 0) is 9.53 Å². The van der Waals surface area contributed by atoms with Crippen LogP contribution < -0.4 is 10.1 Å². The van der Waals surface area contributed by atoms with Crippen molar-refractivity contribution in [1.82, 2.24) is 5.32 Å². The van der Waals surface area contributed by atoms with Crippen LogP contribution in [0, 0.1) is 10.1 Å². The van der Waals surface area contributed by atoms with Gasteiger partial charge in [-0.15, -0.1) is 0 Å². The molecule has 1 amide bonds. The summed E-state index contributed by atoms with van der Waals surface area (Å²) in [5.74, 6) is -0.656. The smallest absolute Gasteiger partial charge is 0.311 e. The molecule has 0 spiro atoms. The van der Waals surface area contributed by atoms with Crippen molar-refractivity contribution in [2.24, 2.45) is 0 Å². The molecule has 0 bridgehead atoms. The van der Waals surface area contributed by atoms with E-state index in [0.717, 1.165) is 0 Å². The maximum absolute atomic E-state index is 11.3. The first-order valence-corrected chi connectivity index (χ1v) is 7.14. The van der Waals surface area contributed by atoms with Crippen molar-refractivity contribution < 1.29 is 34.5 Å². The number of nitrogens with one attached hydrogen (secondary N) is 1. The third-order valence-corrected chi connectivity index (χ3v) is 3.56. The molecule has 1 heterocycles. The number of carbonyl (C=O) groups excluding carboxylic acids is 1. The molecule has 24 heavy (non-hydrogen) atoms. The standard InChI is InChI=1S/C14H18N2O8/c1-7(18)15-11-13(20)12(19)10(6-17)24-14(11)23-9-5-3-2-4-8(9)16(21)22/h2-5,10-14,17,19-20H,6H2,1H3,(H,15,18)/t10-,11-,12-,13-,14-/m1/s1. The molecule has 1 aromatic rings. The number of hydrogen-bond acceptors (Lipinski definition) is 8. The van der Waals surface area contributed by atoms with Crippen molar-refractivity contribution in [2.75, 3.05) is 6.61 Å². The van der Waals surface area contributed by atoms with Gasteiger partial charge in [0.05, 0.1) is 11.5 Å². The first-order chi connectivity index (χ1) is 11.3. The van der Waals surface area contributed by atoms with Crippen LogP contribution >= 0.6 is 0 Å². The fourth-order valence-electron chi connectivity index (χ4n) is 2.40. The van der Waals surface area contributed by atoms with Crippen molar-refractivity contribution in [1.29, 1.82) is 0 Å². The summed E-state index contributed by atoms with van der Waals surface area (Å²) in [6.45, 7) is 0.584. The summed E-state index contributed by atoms with van der Waals surface area (Å²) < 4.78 is 10.8. The van der Waals surface area contributed by atoms with Gasteiger partial charge in [-0.05, 0) is 6.07 Å². The number of rotatable bonds is 5. The van der Waals surface area contributed by atoms with Crippen molar-refractivity contribution in [3.8, 4) is 5.75 Å². The fourth-order valence-corrected chi connectivity index (χ4v) is 2.40. The third-order valence-electron chi connectivity index (χ3n) is 3.56. The van der Waals surface area contributed by atoms with Crippen LogP contribution in [0.1, 0.15) is 6.92 Å². The second kappa shape index (κ2) is 7.53. The van der Waals surface area contributed by atoms with Gasteiger partial charge in [-0.3, -0.25) is 14.9 Å². The maximum Gasteiger partial charge on any atom is 0.311 e. The number of hydrogen-bond donors (Lipinski definition) is 4. The topological polar surface area (TPSA) is 151 Å². The van der Waals surface area contributed by atoms with E-state index in [1.54, 1.807) is 0 Å². The van der Waals surface area contributed by atoms with Gasteiger partial charge in [0.2, 0.25) is 12.2 Å². The number of aliphatic hydroxyl groups is 3. The average Bonchev–Trinajstić information content (AvgIpc) is 2.54. The van der Waals surface area contributed by atoms with Gasteiger partial charge in [-0.25, -0.2) is 0 Å². The number of nitro groups is 1. The van der Waals surface area contributed by atoms with Crippen LogP contribution in [0.25, 0.3) is 0 Å². The van der Waals surface area contributed by atoms with E-state index in [0.29, 0.717) is 0 Å². The van der Waals surface area contributed by atoms with Crippen molar-refractivity contribution >= 4 is 11.6 Å². The minimum atomic E-state index is -1.49. The van der Waals surface area contributed by atoms with Crippen LogP contribution in [0.3, 0.4) is 0 Å². The van der Waals surface area contributed by atoms with Gasteiger partial charge in [0, 0.05) is 13.0 Å². The van der Waals surface area contributed by atoms with Gasteiger partial charge in [-0.1, -0.05) is 12.1 Å². The number of para-hydroxylation sites is 2. The quantitative estimate of drug-likeness (QED) is 0.389. The molecule has 0 saturated carbocycles. The van der Waals surface area contributed by atoms with Crippen LogP contribution in [0.4, 0.5) is 5.69 Å². The molecule has 10 nitrogen and oxygen atoms in total. The molecule has 1 aliphatic rings. The maximum atomic E-state index is 11.3. The molecule has 10 heteroatoms. The molecule has 0 radical (unpaired) electrons. The minimum absolute atomic E-state index is 0.136. The summed E-state index contributed by atoms with van der Waals surface area (Å²) in [5, 5.41) is 42.7. The van der Waals surface area contributed by atoms with Gasteiger partial charge in [0.25, 0.3) is 0 Å². The lowest BCUT2D eigenvalue weighted by molar-refractivity contribution is -0.386. The summed E-state index contributed by atoms with van der Waals surface area (Å²) in [4.78, 5) is 21.7. The highest BCUT2D eigenvalue weighted by molar-refractivity contribution is 5.73. The van der Waals surface area contributed by atoms with Crippen LogP contribution in [0.2, 0.25) is 0 Å². The van der Waals surface area contributed by atoms with E-state index in [2.05, 4.69) is 5.32 Å². The van der Waals surface area contributed by atoms with E-state index in [-0.39, 0.29) is 11.4 Å². The highest BCUT2D eigenvalue weighted by Crippen LogP contribution is 2.30. The summed E-state index contributed by atoms with van der Waals surface area (Å²) >= 11 is 0. The monoisotopic (exact) mass is 342 g/mol. The molecule has 1 aliphatic heterocycles. The number of carbonyl (C=O) groups is 1.